The summed E-state index contributed by atoms with van der Waals surface area (Å²) in [6.07, 6.45) is 1.87. The van der Waals surface area contributed by atoms with Crippen LogP contribution in [0.5, 0.6) is 0 Å². The lowest BCUT2D eigenvalue weighted by atomic mass is 10.1. The van der Waals surface area contributed by atoms with Crippen LogP contribution in [0.15, 0.2) is 28.2 Å². The van der Waals surface area contributed by atoms with E-state index < -0.39 is 11.9 Å². The van der Waals surface area contributed by atoms with Crippen molar-refractivity contribution in [3.63, 3.8) is 0 Å². The van der Waals surface area contributed by atoms with Crippen molar-refractivity contribution in [2.75, 3.05) is 31.1 Å². The lowest BCUT2D eigenvalue weighted by Crippen LogP contribution is -2.52. The number of morpholine rings is 1. The first kappa shape index (κ1) is 16.9. The molecule has 8 heteroatoms. The number of thiophene rings is 1. The Morgan fingerprint density at radius 3 is 3.16 bits per heavy atom. The molecule has 0 bridgehead atoms. The zero-order valence-corrected chi connectivity index (χ0v) is 15.9. The second kappa shape index (κ2) is 7.01. The normalized spacial score (nSPS) is 20.5. The van der Waals surface area contributed by atoms with Crippen molar-refractivity contribution in [1.29, 1.82) is 0 Å². The summed E-state index contributed by atoms with van der Waals surface area (Å²) in [5.41, 5.74) is 1.22. The first-order valence-corrected chi connectivity index (χ1v) is 9.80. The molecule has 1 amide bonds. The predicted molar refractivity (Wildman–Crippen MR) is 97.3 cm³/mol. The molecule has 0 saturated carbocycles. The molecular weight excluding hydrogens is 409 g/mol. The highest BCUT2D eigenvalue weighted by molar-refractivity contribution is 9.10. The minimum atomic E-state index is -0.584. The van der Waals surface area contributed by atoms with E-state index in [0.717, 1.165) is 6.42 Å². The van der Waals surface area contributed by atoms with E-state index in [4.69, 9.17) is 4.74 Å². The zero-order valence-electron chi connectivity index (χ0n) is 13.5. The maximum absolute atomic E-state index is 14.2. The quantitative estimate of drug-likeness (QED) is 0.741. The Kier molecular flexibility index (Phi) is 4.75. The van der Waals surface area contributed by atoms with Gasteiger partial charge in [0, 0.05) is 35.2 Å². The average molecular weight is 426 g/mol. The highest BCUT2D eigenvalue weighted by atomic mass is 79.9. The zero-order chi connectivity index (χ0) is 17.4. The van der Waals surface area contributed by atoms with E-state index in [1.807, 2.05) is 4.90 Å². The summed E-state index contributed by atoms with van der Waals surface area (Å²) in [7, 11) is 0. The molecule has 2 aromatic heterocycles. The Balaban J connectivity index is 1.47. The standard InChI is InChI=1S/C17H17BrFN3O2S/c18-12-7-13(19)16(20-8-12)21-4-5-24-14(10-21)17(23)22-3-1-15-11(9-22)2-6-25-15/h2,6-8,14H,1,3-5,9-10H2. The van der Waals surface area contributed by atoms with Gasteiger partial charge in [0.25, 0.3) is 5.91 Å². The highest BCUT2D eigenvalue weighted by Gasteiger charge is 2.33. The summed E-state index contributed by atoms with van der Waals surface area (Å²) in [6.45, 7) is 2.55. The number of halogens is 2. The van der Waals surface area contributed by atoms with Gasteiger partial charge in [0.2, 0.25) is 0 Å². The van der Waals surface area contributed by atoms with Gasteiger partial charge in [-0.25, -0.2) is 9.37 Å². The van der Waals surface area contributed by atoms with Gasteiger partial charge in [-0.2, -0.15) is 0 Å². The van der Waals surface area contributed by atoms with Crippen molar-refractivity contribution in [1.82, 2.24) is 9.88 Å². The summed E-state index contributed by atoms with van der Waals surface area (Å²) < 4.78 is 20.5. The number of carbonyl (C=O) groups excluding carboxylic acids is 1. The predicted octanol–water partition coefficient (Wildman–Crippen LogP) is 2.83. The SMILES string of the molecule is O=C(C1CN(c2ncc(Br)cc2F)CCO1)N1CCc2sccc2C1. The lowest BCUT2D eigenvalue weighted by Gasteiger charge is -2.36. The maximum atomic E-state index is 14.2. The Bertz CT molecular complexity index is 800. The first-order chi connectivity index (χ1) is 12.1. The molecule has 25 heavy (non-hydrogen) atoms. The third kappa shape index (κ3) is 3.43. The Labute approximate surface area is 157 Å². The molecule has 5 nitrogen and oxygen atoms in total. The molecule has 1 atom stereocenters. The first-order valence-electron chi connectivity index (χ1n) is 8.13. The largest absolute Gasteiger partial charge is 0.365 e. The molecule has 1 saturated heterocycles. The number of pyridine rings is 1. The molecule has 0 N–H and O–H groups in total. The van der Waals surface area contributed by atoms with Crippen LogP contribution in [0.1, 0.15) is 10.4 Å². The van der Waals surface area contributed by atoms with Crippen LogP contribution in [0.3, 0.4) is 0 Å². The van der Waals surface area contributed by atoms with Crippen LogP contribution >= 0.6 is 27.3 Å². The second-order valence-corrected chi connectivity index (χ2v) is 8.06. The van der Waals surface area contributed by atoms with Crippen LogP contribution in [0, 0.1) is 5.82 Å². The average Bonchev–Trinajstić information content (AvgIpc) is 3.09. The third-order valence-corrected chi connectivity index (χ3v) is 6.01. The highest BCUT2D eigenvalue weighted by Crippen LogP contribution is 2.26. The van der Waals surface area contributed by atoms with Gasteiger partial charge in [-0.05, 0) is 45.4 Å². The lowest BCUT2D eigenvalue weighted by molar-refractivity contribution is -0.145. The van der Waals surface area contributed by atoms with E-state index in [0.29, 0.717) is 37.3 Å². The van der Waals surface area contributed by atoms with Crippen molar-refractivity contribution >= 4 is 39.0 Å². The molecule has 0 radical (unpaired) electrons. The van der Waals surface area contributed by atoms with E-state index in [9.17, 15) is 9.18 Å². The number of hydrogen-bond acceptors (Lipinski definition) is 5. The fourth-order valence-corrected chi connectivity index (χ4v) is 4.46. The number of aromatic nitrogens is 1. The molecule has 132 valence electrons. The Morgan fingerprint density at radius 1 is 1.44 bits per heavy atom. The minimum Gasteiger partial charge on any atom is -0.365 e. The van der Waals surface area contributed by atoms with Gasteiger partial charge in [-0.3, -0.25) is 4.79 Å². The molecule has 2 aromatic rings. The van der Waals surface area contributed by atoms with E-state index in [1.54, 1.807) is 22.4 Å². The fourth-order valence-electron chi connectivity index (χ4n) is 3.27. The molecule has 1 fully saturated rings. The smallest absolute Gasteiger partial charge is 0.253 e. The number of rotatable bonds is 2. The van der Waals surface area contributed by atoms with Crippen molar-refractivity contribution < 1.29 is 13.9 Å². The topological polar surface area (TPSA) is 45.7 Å². The van der Waals surface area contributed by atoms with Gasteiger partial charge in [0.15, 0.2) is 17.7 Å². The molecule has 0 spiro atoms. The molecule has 2 aliphatic rings. The van der Waals surface area contributed by atoms with Crippen LogP contribution in [0.4, 0.5) is 10.2 Å². The second-order valence-electron chi connectivity index (χ2n) is 6.14. The van der Waals surface area contributed by atoms with Gasteiger partial charge >= 0.3 is 0 Å². The van der Waals surface area contributed by atoms with E-state index >= 15 is 0 Å². The summed E-state index contributed by atoms with van der Waals surface area (Å²) >= 11 is 4.96. The van der Waals surface area contributed by atoms with Gasteiger partial charge in [-0.15, -0.1) is 11.3 Å². The molecule has 4 rings (SSSR count). The number of fused-ring (bicyclic) bond motifs is 1. The van der Waals surface area contributed by atoms with E-state index in [-0.39, 0.29) is 11.7 Å². The number of hydrogen-bond donors (Lipinski definition) is 0. The Hall–Kier alpha value is -1.51. The van der Waals surface area contributed by atoms with Gasteiger partial charge in [0.05, 0.1) is 13.2 Å². The number of nitrogens with zero attached hydrogens (tertiary/aromatic N) is 3. The van der Waals surface area contributed by atoms with Crippen molar-refractivity contribution in [3.05, 3.63) is 44.4 Å². The summed E-state index contributed by atoms with van der Waals surface area (Å²) in [5, 5.41) is 2.07. The van der Waals surface area contributed by atoms with E-state index in [2.05, 4.69) is 32.4 Å². The molecule has 0 aromatic carbocycles. The minimum absolute atomic E-state index is 0.0286. The van der Waals surface area contributed by atoms with Crippen molar-refractivity contribution in [2.45, 2.75) is 19.1 Å². The molecule has 4 heterocycles. The maximum Gasteiger partial charge on any atom is 0.253 e. The van der Waals surface area contributed by atoms with Crippen molar-refractivity contribution in [2.24, 2.45) is 0 Å². The van der Waals surface area contributed by atoms with Crippen LogP contribution in [-0.4, -0.2) is 48.1 Å². The fraction of sp³-hybridized carbons (Fsp3) is 0.412. The third-order valence-electron chi connectivity index (χ3n) is 4.55. The number of ether oxygens (including phenoxy) is 1. The van der Waals surface area contributed by atoms with Gasteiger partial charge in [-0.1, -0.05) is 0 Å². The van der Waals surface area contributed by atoms with Crippen LogP contribution in [0.2, 0.25) is 0 Å². The summed E-state index contributed by atoms with van der Waals surface area (Å²) in [4.78, 5) is 22.0. The number of carbonyl (C=O) groups is 1. The van der Waals surface area contributed by atoms with Crippen LogP contribution in [0.25, 0.3) is 0 Å². The summed E-state index contributed by atoms with van der Waals surface area (Å²) in [5.74, 6) is -0.162. The van der Waals surface area contributed by atoms with Crippen LogP contribution < -0.4 is 4.90 Å². The molecule has 2 aliphatic heterocycles. The number of anilines is 1. The van der Waals surface area contributed by atoms with Gasteiger partial charge in [0.1, 0.15) is 0 Å². The van der Waals surface area contributed by atoms with Gasteiger partial charge < -0.3 is 14.5 Å². The molecule has 0 aliphatic carbocycles. The monoisotopic (exact) mass is 425 g/mol. The molecular formula is C17H17BrFN3O2S. The Morgan fingerprint density at radius 2 is 2.32 bits per heavy atom. The number of amides is 1. The van der Waals surface area contributed by atoms with E-state index in [1.165, 1.54) is 16.5 Å². The van der Waals surface area contributed by atoms with Crippen molar-refractivity contribution in [3.8, 4) is 0 Å². The molecule has 1 unspecified atom stereocenters. The van der Waals surface area contributed by atoms with Crippen LogP contribution in [-0.2, 0) is 22.5 Å². The summed E-state index contributed by atoms with van der Waals surface area (Å²) in [6, 6.07) is 3.46.